The third-order valence-corrected chi connectivity index (χ3v) is 2.58. The zero-order chi connectivity index (χ0) is 12.3. The maximum atomic E-state index is 13.5. The highest BCUT2D eigenvalue weighted by Crippen LogP contribution is 2.19. The van der Waals surface area contributed by atoms with Gasteiger partial charge in [0.1, 0.15) is 5.82 Å². The molecule has 0 amide bonds. The van der Waals surface area contributed by atoms with Crippen molar-refractivity contribution in [2.24, 2.45) is 0 Å². The fourth-order valence-electron chi connectivity index (χ4n) is 1.54. The Bertz CT molecular complexity index is 529. The number of halogens is 2. The van der Waals surface area contributed by atoms with Gasteiger partial charge in [0.2, 0.25) is 0 Å². The minimum absolute atomic E-state index is 0.349. The molecule has 1 N–H and O–H groups in total. The topological polar surface area (TPSA) is 24.9 Å². The Morgan fingerprint density at radius 1 is 1.29 bits per heavy atom. The van der Waals surface area contributed by atoms with Crippen LogP contribution in [-0.2, 0) is 6.54 Å². The van der Waals surface area contributed by atoms with E-state index < -0.39 is 0 Å². The van der Waals surface area contributed by atoms with Crippen LogP contribution in [0.25, 0.3) is 0 Å². The molecule has 0 saturated heterocycles. The molecule has 0 atom stereocenters. The number of pyridine rings is 1. The van der Waals surface area contributed by atoms with Crippen LogP contribution in [0, 0.1) is 12.7 Å². The van der Waals surface area contributed by atoms with E-state index in [1.54, 1.807) is 24.5 Å². The number of aryl methyl sites for hydroxylation is 1. The molecule has 17 heavy (non-hydrogen) atoms. The Morgan fingerprint density at radius 3 is 2.82 bits per heavy atom. The van der Waals surface area contributed by atoms with Gasteiger partial charge in [-0.05, 0) is 36.2 Å². The molecule has 2 aromatic rings. The maximum Gasteiger partial charge on any atom is 0.147 e. The van der Waals surface area contributed by atoms with E-state index in [0.717, 1.165) is 11.1 Å². The van der Waals surface area contributed by atoms with Crippen LogP contribution >= 0.6 is 11.6 Å². The molecule has 1 aromatic carbocycles. The van der Waals surface area contributed by atoms with Crippen LogP contribution in [0.3, 0.4) is 0 Å². The van der Waals surface area contributed by atoms with Gasteiger partial charge in [-0.1, -0.05) is 17.7 Å². The summed E-state index contributed by atoms with van der Waals surface area (Å²) in [7, 11) is 0. The number of nitrogens with one attached hydrogen (secondary N) is 1. The maximum absolute atomic E-state index is 13.5. The highest BCUT2D eigenvalue weighted by atomic mass is 35.5. The molecule has 2 rings (SSSR count). The number of anilines is 1. The van der Waals surface area contributed by atoms with E-state index in [2.05, 4.69) is 10.3 Å². The monoisotopic (exact) mass is 250 g/mol. The lowest BCUT2D eigenvalue weighted by Crippen LogP contribution is -2.02. The smallest absolute Gasteiger partial charge is 0.147 e. The zero-order valence-electron chi connectivity index (χ0n) is 9.37. The summed E-state index contributed by atoms with van der Waals surface area (Å²) in [6, 6.07) is 6.58. The summed E-state index contributed by atoms with van der Waals surface area (Å²) < 4.78 is 13.5. The molecule has 88 valence electrons. The summed E-state index contributed by atoms with van der Waals surface area (Å²) in [6.45, 7) is 2.51. The van der Waals surface area contributed by atoms with Crippen molar-refractivity contribution >= 4 is 17.3 Å². The highest BCUT2D eigenvalue weighted by molar-refractivity contribution is 6.30. The minimum atomic E-state index is -0.349. The molecule has 4 heteroatoms. The van der Waals surface area contributed by atoms with E-state index in [0.29, 0.717) is 17.3 Å². The van der Waals surface area contributed by atoms with Gasteiger partial charge in [0.25, 0.3) is 0 Å². The Kier molecular flexibility index (Phi) is 3.59. The van der Waals surface area contributed by atoms with Crippen molar-refractivity contribution in [1.29, 1.82) is 0 Å². The first kappa shape index (κ1) is 11.9. The van der Waals surface area contributed by atoms with Crippen LogP contribution in [0.15, 0.2) is 36.7 Å². The average molecular weight is 251 g/mol. The van der Waals surface area contributed by atoms with Crippen LogP contribution in [-0.4, -0.2) is 4.98 Å². The molecule has 0 aliphatic heterocycles. The van der Waals surface area contributed by atoms with Crippen LogP contribution < -0.4 is 5.32 Å². The van der Waals surface area contributed by atoms with Crippen molar-refractivity contribution in [2.45, 2.75) is 13.5 Å². The molecular weight excluding hydrogens is 239 g/mol. The van der Waals surface area contributed by atoms with E-state index in [4.69, 9.17) is 11.6 Å². The van der Waals surface area contributed by atoms with Crippen molar-refractivity contribution in [1.82, 2.24) is 4.98 Å². The standard InChI is InChI=1S/C13H12ClFN2/c1-9-4-10(7-16-6-9)8-17-13-3-2-11(14)5-12(13)15/h2-7,17H,8H2,1H3. The summed E-state index contributed by atoms with van der Waals surface area (Å²) in [4.78, 5) is 4.08. The number of rotatable bonds is 3. The first-order valence-corrected chi connectivity index (χ1v) is 5.62. The van der Waals surface area contributed by atoms with Gasteiger partial charge >= 0.3 is 0 Å². The molecular formula is C13H12ClFN2. The van der Waals surface area contributed by atoms with Gasteiger partial charge in [-0.15, -0.1) is 0 Å². The normalized spacial score (nSPS) is 10.3. The summed E-state index contributed by atoms with van der Waals surface area (Å²) in [5.41, 5.74) is 2.54. The number of benzene rings is 1. The largest absolute Gasteiger partial charge is 0.379 e. The fraction of sp³-hybridized carbons (Fsp3) is 0.154. The van der Waals surface area contributed by atoms with Crippen molar-refractivity contribution in [3.8, 4) is 0 Å². The minimum Gasteiger partial charge on any atom is -0.379 e. The van der Waals surface area contributed by atoms with E-state index in [9.17, 15) is 4.39 Å². The molecule has 1 aromatic heterocycles. The molecule has 0 fully saturated rings. The number of nitrogens with zero attached hydrogens (tertiary/aromatic N) is 1. The summed E-state index contributed by atoms with van der Waals surface area (Å²) in [5, 5.41) is 3.40. The van der Waals surface area contributed by atoms with E-state index in [-0.39, 0.29) is 5.82 Å². The average Bonchev–Trinajstić information content (AvgIpc) is 2.28. The Hall–Kier alpha value is -1.61. The molecule has 0 saturated carbocycles. The second-order valence-corrected chi connectivity index (χ2v) is 4.28. The molecule has 0 unspecified atom stereocenters. The molecule has 0 aliphatic rings. The van der Waals surface area contributed by atoms with Gasteiger partial charge in [-0.2, -0.15) is 0 Å². The van der Waals surface area contributed by atoms with Crippen LogP contribution in [0.2, 0.25) is 5.02 Å². The van der Waals surface area contributed by atoms with Crippen molar-refractivity contribution in [2.75, 3.05) is 5.32 Å². The Balaban J connectivity index is 2.07. The number of hydrogen-bond acceptors (Lipinski definition) is 2. The summed E-state index contributed by atoms with van der Waals surface area (Å²) in [5.74, 6) is -0.349. The lowest BCUT2D eigenvalue weighted by atomic mass is 10.2. The second-order valence-electron chi connectivity index (χ2n) is 3.85. The number of aromatic nitrogens is 1. The van der Waals surface area contributed by atoms with E-state index in [1.165, 1.54) is 6.07 Å². The van der Waals surface area contributed by atoms with Crippen LogP contribution in [0.5, 0.6) is 0 Å². The summed E-state index contributed by atoms with van der Waals surface area (Å²) in [6.07, 6.45) is 3.54. The molecule has 0 aliphatic carbocycles. The van der Waals surface area contributed by atoms with Crippen LogP contribution in [0.1, 0.15) is 11.1 Å². The van der Waals surface area contributed by atoms with Crippen LogP contribution in [0.4, 0.5) is 10.1 Å². The van der Waals surface area contributed by atoms with Gasteiger partial charge in [-0.3, -0.25) is 4.98 Å². The first-order valence-electron chi connectivity index (χ1n) is 5.24. The SMILES string of the molecule is Cc1cncc(CNc2ccc(Cl)cc2F)c1. The molecule has 0 spiro atoms. The van der Waals surface area contributed by atoms with E-state index in [1.807, 2.05) is 13.0 Å². The first-order chi connectivity index (χ1) is 8.15. The third kappa shape index (κ3) is 3.17. The predicted octanol–water partition coefficient (Wildman–Crippen LogP) is 3.79. The Labute approximate surface area is 104 Å². The lowest BCUT2D eigenvalue weighted by molar-refractivity contribution is 0.630. The quantitative estimate of drug-likeness (QED) is 0.896. The zero-order valence-corrected chi connectivity index (χ0v) is 10.1. The van der Waals surface area contributed by atoms with Gasteiger partial charge in [0, 0.05) is 24.0 Å². The lowest BCUT2D eigenvalue weighted by Gasteiger charge is -2.08. The predicted molar refractivity (Wildman–Crippen MR) is 67.7 cm³/mol. The summed E-state index contributed by atoms with van der Waals surface area (Å²) >= 11 is 5.68. The molecule has 0 bridgehead atoms. The van der Waals surface area contributed by atoms with Crippen molar-refractivity contribution in [3.05, 3.63) is 58.6 Å². The van der Waals surface area contributed by atoms with E-state index >= 15 is 0 Å². The number of hydrogen-bond donors (Lipinski definition) is 1. The molecule has 2 nitrogen and oxygen atoms in total. The fourth-order valence-corrected chi connectivity index (χ4v) is 1.70. The third-order valence-electron chi connectivity index (χ3n) is 2.35. The molecule has 0 radical (unpaired) electrons. The van der Waals surface area contributed by atoms with Crippen molar-refractivity contribution in [3.63, 3.8) is 0 Å². The van der Waals surface area contributed by atoms with Gasteiger partial charge < -0.3 is 5.32 Å². The van der Waals surface area contributed by atoms with Gasteiger partial charge in [-0.25, -0.2) is 4.39 Å². The second kappa shape index (κ2) is 5.15. The Morgan fingerprint density at radius 2 is 2.12 bits per heavy atom. The van der Waals surface area contributed by atoms with Gasteiger partial charge in [0.05, 0.1) is 5.69 Å². The van der Waals surface area contributed by atoms with Gasteiger partial charge in [0.15, 0.2) is 0 Å². The highest BCUT2D eigenvalue weighted by Gasteiger charge is 2.02. The molecule has 1 heterocycles. The van der Waals surface area contributed by atoms with Crippen molar-refractivity contribution < 1.29 is 4.39 Å².